The molecule has 1 aliphatic carbocycles. The molecule has 0 aromatic rings. The van der Waals surface area contributed by atoms with E-state index in [2.05, 4.69) is 19.3 Å². The molecule has 1 rings (SSSR count). The molecule has 78 valence electrons. The third kappa shape index (κ3) is 3.68. The van der Waals surface area contributed by atoms with Crippen molar-refractivity contribution in [2.45, 2.75) is 64.3 Å². The van der Waals surface area contributed by atoms with Crippen molar-refractivity contribution < 1.29 is 0 Å². The molecular formula is C12H25N. The summed E-state index contributed by atoms with van der Waals surface area (Å²) in [6.45, 7) is 2.28. The lowest BCUT2D eigenvalue weighted by Crippen LogP contribution is -2.28. The normalized spacial score (nSPS) is 28.2. The highest BCUT2D eigenvalue weighted by Gasteiger charge is 2.24. The first-order valence-corrected chi connectivity index (χ1v) is 6.05. The van der Waals surface area contributed by atoms with Crippen LogP contribution in [-0.2, 0) is 0 Å². The van der Waals surface area contributed by atoms with E-state index >= 15 is 0 Å². The Morgan fingerprint density at radius 3 is 2.69 bits per heavy atom. The standard InChI is InChI=1S/C12H25N/c1-3-4-5-6-8-11-9-7-10-12(11)13-2/h11-13H,3-10H2,1-2H3. The second-order valence-electron chi connectivity index (χ2n) is 4.44. The van der Waals surface area contributed by atoms with E-state index in [1.54, 1.807) is 0 Å². The minimum atomic E-state index is 0.835. The molecule has 13 heavy (non-hydrogen) atoms. The molecule has 0 radical (unpaired) electrons. The van der Waals surface area contributed by atoms with E-state index in [0.29, 0.717) is 0 Å². The lowest BCUT2D eigenvalue weighted by molar-refractivity contribution is 0.384. The molecule has 0 heterocycles. The summed E-state index contributed by atoms with van der Waals surface area (Å²) in [5.41, 5.74) is 0. The first-order valence-electron chi connectivity index (χ1n) is 6.05. The lowest BCUT2D eigenvalue weighted by atomic mass is 9.96. The lowest BCUT2D eigenvalue weighted by Gasteiger charge is -2.18. The van der Waals surface area contributed by atoms with E-state index in [-0.39, 0.29) is 0 Å². The number of unbranched alkanes of at least 4 members (excludes halogenated alkanes) is 3. The first-order chi connectivity index (χ1) is 6.38. The van der Waals surface area contributed by atoms with Gasteiger partial charge < -0.3 is 5.32 Å². The molecule has 1 N–H and O–H groups in total. The van der Waals surface area contributed by atoms with Crippen molar-refractivity contribution in [3.8, 4) is 0 Å². The summed E-state index contributed by atoms with van der Waals surface area (Å²) in [5, 5.41) is 3.45. The first kappa shape index (κ1) is 11.0. The molecule has 1 nitrogen and oxygen atoms in total. The Hall–Kier alpha value is -0.0400. The minimum Gasteiger partial charge on any atom is -0.317 e. The van der Waals surface area contributed by atoms with Gasteiger partial charge in [-0.3, -0.25) is 0 Å². The Bertz CT molecular complexity index is 122. The Morgan fingerprint density at radius 1 is 1.15 bits per heavy atom. The molecule has 0 spiro atoms. The summed E-state index contributed by atoms with van der Waals surface area (Å²) in [4.78, 5) is 0. The van der Waals surface area contributed by atoms with Gasteiger partial charge >= 0.3 is 0 Å². The third-order valence-corrected chi connectivity index (χ3v) is 3.46. The van der Waals surface area contributed by atoms with Crippen LogP contribution in [-0.4, -0.2) is 13.1 Å². The van der Waals surface area contributed by atoms with Crippen LogP contribution in [0.3, 0.4) is 0 Å². The van der Waals surface area contributed by atoms with Crippen molar-refractivity contribution in [2.75, 3.05) is 7.05 Å². The van der Waals surface area contributed by atoms with Gasteiger partial charge in [0.05, 0.1) is 0 Å². The average molecular weight is 183 g/mol. The number of hydrogen-bond acceptors (Lipinski definition) is 1. The Kier molecular flexibility index (Phi) is 5.45. The smallest absolute Gasteiger partial charge is 0.00923 e. The van der Waals surface area contributed by atoms with Gasteiger partial charge in [-0.2, -0.15) is 0 Å². The molecule has 2 atom stereocenters. The van der Waals surface area contributed by atoms with Crippen LogP contribution in [0.25, 0.3) is 0 Å². The fraction of sp³-hybridized carbons (Fsp3) is 1.00. The van der Waals surface area contributed by atoms with Gasteiger partial charge in [0.2, 0.25) is 0 Å². The van der Waals surface area contributed by atoms with Gasteiger partial charge in [0.15, 0.2) is 0 Å². The molecule has 0 aromatic carbocycles. The van der Waals surface area contributed by atoms with Crippen LogP contribution in [0, 0.1) is 5.92 Å². The molecule has 0 saturated heterocycles. The van der Waals surface area contributed by atoms with Gasteiger partial charge in [0, 0.05) is 6.04 Å². The topological polar surface area (TPSA) is 12.0 Å². The maximum Gasteiger partial charge on any atom is 0.00923 e. The monoisotopic (exact) mass is 183 g/mol. The van der Waals surface area contributed by atoms with Crippen LogP contribution in [0.4, 0.5) is 0 Å². The number of rotatable bonds is 6. The number of hydrogen-bond donors (Lipinski definition) is 1. The minimum absolute atomic E-state index is 0.835. The molecule has 1 saturated carbocycles. The largest absolute Gasteiger partial charge is 0.317 e. The summed E-state index contributed by atoms with van der Waals surface area (Å²) in [5.74, 6) is 0.988. The highest BCUT2D eigenvalue weighted by Crippen LogP contribution is 2.29. The highest BCUT2D eigenvalue weighted by molar-refractivity contribution is 4.81. The van der Waals surface area contributed by atoms with Crippen LogP contribution in [0.2, 0.25) is 0 Å². The third-order valence-electron chi connectivity index (χ3n) is 3.46. The van der Waals surface area contributed by atoms with E-state index < -0.39 is 0 Å². The second kappa shape index (κ2) is 6.42. The summed E-state index contributed by atoms with van der Waals surface area (Å²) in [6.07, 6.45) is 11.5. The zero-order valence-corrected chi connectivity index (χ0v) is 9.31. The van der Waals surface area contributed by atoms with Crippen LogP contribution in [0.5, 0.6) is 0 Å². The van der Waals surface area contributed by atoms with Crippen LogP contribution >= 0.6 is 0 Å². The molecule has 1 heteroatoms. The van der Waals surface area contributed by atoms with Crippen molar-refractivity contribution in [1.82, 2.24) is 5.32 Å². The van der Waals surface area contributed by atoms with E-state index in [1.807, 2.05) is 0 Å². The maximum atomic E-state index is 3.45. The van der Waals surface area contributed by atoms with Gasteiger partial charge in [-0.25, -0.2) is 0 Å². The van der Waals surface area contributed by atoms with E-state index in [0.717, 1.165) is 12.0 Å². The van der Waals surface area contributed by atoms with Crippen LogP contribution in [0.1, 0.15) is 58.3 Å². The molecule has 0 amide bonds. The summed E-state index contributed by atoms with van der Waals surface area (Å²) >= 11 is 0. The molecule has 1 fully saturated rings. The molecule has 0 bridgehead atoms. The van der Waals surface area contributed by atoms with Crippen molar-refractivity contribution in [3.05, 3.63) is 0 Å². The molecule has 1 aliphatic rings. The zero-order chi connectivity index (χ0) is 9.52. The molecule has 0 aromatic heterocycles. The van der Waals surface area contributed by atoms with Gasteiger partial charge in [-0.1, -0.05) is 39.0 Å². The van der Waals surface area contributed by atoms with Crippen LogP contribution < -0.4 is 5.32 Å². The van der Waals surface area contributed by atoms with Crippen molar-refractivity contribution in [1.29, 1.82) is 0 Å². The van der Waals surface area contributed by atoms with Gasteiger partial charge in [0.25, 0.3) is 0 Å². The fourth-order valence-corrected chi connectivity index (χ4v) is 2.60. The predicted molar refractivity (Wildman–Crippen MR) is 58.9 cm³/mol. The van der Waals surface area contributed by atoms with E-state index in [1.165, 1.54) is 51.4 Å². The summed E-state index contributed by atoms with van der Waals surface area (Å²) < 4.78 is 0. The summed E-state index contributed by atoms with van der Waals surface area (Å²) in [7, 11) is 2.12. The van der Waals surface area contributed by atoms with Crippen molar-refractivity contribution in [2.24, 2.45) is 5.92 Å². The second-order valence-corrected chi connectivity index (χ2v) is 4.44. The van der Waals surface area contributed by atoms with Crippen LogP contribution in [0.15, 0.2) is 0 Å². The maximum absolute atomic E-state index is 3.45. The Balaban J connectivity index is 2.06. The SMILES string of the molecule is CCCCCCC1CCCC1NC. The van der Waals surface area contributed by atoms with Crippen molar-refractivity contribution in [3.63, 3.8) is 0 Å². The Labute approximate surface area is 83.3 Å². The van der Waals surface area contributed by atoms with Crippen molar-refractivity contribution >= 4 is 0 Å². The highest BCUT2D eigenvalue weighted by atomic mass is 14.9. The Morgan fingerprint density at radius 2 is 2.00 bits per heavy atom. The van der Waals surface area contributed by atoms with Gasteiger partial charge in [0.1, 0.15) is 0 Å². The zero-order valence-electron chi connectivity index (χ0n) is 9.31. The molecule has 0 aliphatic heterocycles. The number of nitrogens with one attached hydrogen (secondary N) is 1. The molecule has 2 unspecified atom stereocenters. The van der Waals surface area contributed by atoms with Gasteiger partial charge in [-0.15, -0.1) is 0 Å². The van der Waals surface area contributed by atoms with E-state index in [4.69, 9.17) is 0 Å². The summed E-state index contributed by atoms with van der Waals surface area (Å²) in [6, 6.07) is 0.835. The quantitative estimate of drug-likeness (QED) is 0.623. The fourth-order valence-electron chi connectivity index (χ4n) is 2.60. The van der Waals surface area contributed by atoms with Gasteiger partial charge in [-0.05, 0) is 32.2 Å². The van der Waals surface area contributed by atoms with E-state index in [9.17, 15) is 0 Å². The average Bonchev–Trinajstić information content (AvgIpc) is 2.60. The predicted octanol–water partition coefficient (Wildman–Crippen LogP) is 3.34. The molecular weight excluding hydrogens is 158 g/mol.